The number of rotatable bonds is 4. The summed E-state index contributed by atoms with van der Waals surface area (Å²) >= 11 is 0. The van der Waals surface area contributed by atoms with Gasteiger partial charge in [0.15, 0.2) is 0 Å². The van der Waals surface area contributed by atoms with Gasteiger partial charge < -0.3 is 15.6 Å². The summed E-state index contributed by atoms with van der Waals surface area (Å²) in [6.45, 7) is 1.84. The molecule has 4 heteroatoms. The Hall–Kier alpha value is -1.13. The molecule has 0 fully saturated rings. The van der Waals surface area contributed by atoms with Gasteiger partial charge in [-0.15, -0.1) is 0 Å². The highest BCUT2D eigenvalue weighted by Gasteiger charge is 2.18. The van der Waals surface area contributed by atoms with Crippen LogP contribution in [0.25, 0.3) is 0 Å². The molecule has 0 amide bonds. The second kappa shape index (κ2) is 5.09. The Morgan fingerprint density at radius 3 is 2.67 bits per heavy atom. The summed E-state index contributed by atoms with van der Waals surface area (Å²) in [7, 11) is 1.46. The third kappa shape index (κ3) is 2.67. The molecule has 0 aromatic heterocycles. The molecule has 0 heterocycles. The standard InChI is InChI=1S/C11H16FNO2/c1-3-10(13)11(14)8-5-4-7(15-2)6-9(8)12/h4-6,10-11,14H,3,13H2,1-2H3. The van der Waals surface area contributed by atoms with Gasteiger partial charge in [0.2, 0.25) is 0 Å². The van der Waals surface area contributed by atoms with Crippen molar-refractivity contribution in [3.8, 4) is 5.75 Å². The lowest BCUT2D eigenvalue weighted by molar-refractivity contribution is 0.140. The molecule has 0 spiro atoms. The van der Waals surface area contributed by atoms with Crippen LogP contribution in [0.15, 0.2) is 18.2 Å². The number of benzene rings is 1. The minimum absolute atomic E-state index is 0.213. The fourth-order valence-electron chi connectivity index (χ4n) is 1.33. The zero-order valence-electron chi connectivity index (χ0n) is 8.90. The first-order valence-corrected chi connectivity index (χ1v) is 4.87. The summed E-state index contributed by atoms with van der Waals surface area (Å²) in [5.41, 5.74) is 5.85. The van der Waals surface area contributed by atoms with E-state index in [9.17, 15) is 9.50 Å². The molecule has 0 bridgehead atoms. The van der Waals surface area contributed by atoms with Crippen molar-refractivity contribution in [3.05, 3.63) is 29.6 Å². The molecule has 1 rings (SSSR count). The maximum atomic E-state index is 13.5. The van der Waals surface area contributed by atoms with E-state index in [4.69, 9.17) is 10.5 Å². The van der Waals surface area contributed by atoms with Gasteiger partial charge in [-0.3, -0.25) is 0 Å². The SMILES string of the molecule is CCC(N)C(O)c1ccc(OC)cc1F. The van der Waals surface area contributed by atoms with Gasteiger partial charge in [-0.2, -0.15) is 0 Å². The number of halogens is 1. The van der Waals surface area contributed by atoms with Crippen molar-refractivity contribution in [2.24, 2.45) is 5.73 Å². The topological polar surface area (TPSA) is 55.5 Å². The van der Waals surface area contributed by atoms with E-state index >= 15 is 0 Å². The van der Waals surface area contributed by atoms with Crippen molar-refractivity contribution in [2.45, 2.75) is 25.5 Å². The molecule has 0 aliphatic rings. The lowest BCUT2D eigenvalue weighted by Gasteiger charge is -2.18. The molecule has 1 aromatic carbocycles. The van der Waals surface area contributed by atoms with Crippen LogP contribution < -0.4 is 10.5 Å². The molecule has 0 aliphatic heterocycles. The molecule has 3 N–H and O–H groups in total. The lowest BCUT2D eigenvalue weighted by Crippen LogP contribution is -2.27. The van der Waals surface area contributed by atoms with Crippen LogP contribution in [0.3, 0.4) is 0 Å². The van der Waals surface area contributed by atoms with E-state index in [0.29, 0.717) is 12.2 Å². The summed E-state index contributed by atoms with van der Waals surface area (Å²) < 4.78 is 18.4. The van der Waals surface area contributed by atoms with Crippen molar-refractivity contribution < 1.29 is 14.2 Å². The fourth-order valence-corrected chi connectivity index (χ4v) is 1.33. The third-order valence-electron chi connectivity index (χ3n) is 2.40. The zero-order chi connectivity index (χ0) is 11.4. The molecule has 84 valence electrons. The van der Waals surface area contributed by atoms with Crippen molar-refractivity contribution in [1.29, 1.82) is 0 Å². The summed E-state index contributed by atoms with van der Waals surface area (Å²) in [6, 6.07) is 3.88. The number of aliphatic hydroxyl groups excluding tert-OH is 1. The Kier molecular flexibility index (Phi) is 4.05. The Bertz CT molecular complexity index is 330. The fraction of sp³-hybridized carbons (Fsp3) is 0.455. The minimum Gasteiger partial charge on any atom is -0.497 e. The van der Waals surface area contributed by atoms with Crippen molar-refractivity contribution in [3.63, 3.8) is 0 Å². The Morgan fingerprint density at radius 2 is 2.20 bits per heavy atom. The maximum Gasteiger partial charge on any atom is 0.132 e. The first-order valence-electron chi connectivity index (χ1n) is 4.87. The molecular formula is C11H16FNO2. The van der Waals surface area contributed by atoms with E-state index in [1.165, 1.54) is 19.2 Å². The average Bonchev–Trinajstić information content (AvgIpc) is 2.26. The van der Waals surface area contributed by atoms with Gasteiger partial charge in [0, 0.05) is 17.7 Å². The van der Waals surface area contributed by atoms with Gasteiger partial charge in [-0.25, -0.2) is 4.39 Å². The van der Waals surface area contributed by atoms with Gasteiger partial charge in [-0.05, 0) is 18.6 Å². The average molecular weight is 213 g/mol. The van der Waals surface area contributed by atoms with Crippen LogP contribution in [0.1, 0.15) is 25.0 Å². The normalized spacial score (nSPS) is 14.7. The first kappa shape index (κ1) is 11.9. The maximum absolute atomic E-state index is 13.5. The van der Waals surface area contributed by atoms with Gasteiger partial charge in [-0.1, -0.05) is 6.92 Å². The molecule has 0 aliphatic carbocycles. The van der Waals surface area contributed by atoms with E-state index in [2.05, 4.69) is 0 Å². The van der Waals surface area contributed by atoms with Crippen LogP contribution in [-0.4, -0.2) is 18.3 Å². The third-order valence-corrected chi connectivity index (χ3v) is 2.40. The van der Waals surface area contributed by atoms with Crippen molar-refractivity contribution in [2.75, 3.05) is 7.11 Å². The summed E-state index contributed by atoms with van der Waals surface area (Å²) in [6.07, 6.45) is -0.381. The molecule has 0 saturated carbocycles. The van der Waals surface area contributed by atoms with E-state index in [0.717, 1.165) is 0 Å². The Labute approximate surface area is 88.7 Å². The minimum atomic E-state index is -0.971. The number of hydrogen-bond donors (Lipinski definition) is 2. The van der Waals surface area contributed by atoms with Crippen LogP contribution in [-0.2, 0) is 0 Å². The van der Waals surface area contributed by atoms with E-state index in [1.54, 1.807) is 6.07 Å². The molecule has 2 unspecified atom stereocenters. The van der Waals surface area contributed by atoms with Gasteiger partial charge in [0.05, 0.1) is 13.2 Å². The molecule has 1 aromatic rings. The second-order valence-electron chi connectivity index (χ2n) is 3.40. The molecule has 3 nitrogen and oxygen atoms in total. The van der Waals surface area contributed by atoms with Gasteiger partial charge >= 0.3 is 0 Å². The first-order chi connectivity index (χ1) is 7.10. The van der Waals surface area contributed by atoms with Crippen molar-refractivity contribution >= 4 is 0 Å². The number of aliphatic hydroxyl groups is 1. The molecular weight excluding hydrogens is 197 g/mol. The van der Waals surface area contributed by atoms with E-state index < -0.39 is 18.0 Å². The smallest absolute Gasteiger partial charge is 0.132 e. The van der Waals surface area contributed by atoms with E-state index in [1.807, 2.05) is 6.92 Å². The Morgan fingerprint density at radius 1 is 1.53 bits per heavy atom. The largest absolute Gasteiger partial charge is 0.497 e. The van der Waals surface area contributed by atoms with Crippen LogP contribution >= 0.6 is 0 Å². The van der Waals surface area contributed by atoms with Crippen LogP contribution in [0.5, 0.6) is 5.75 Å². The Balaban J connectivity index is 2.95. The predicted molar refractivity (Wildman–Crippen MR) is 56.2 cm³/mol. The van der Waals surface area contributed by atoms with Crippen LogP contribution in [0.2, 0.25) is 0 Å². The highest BCUT2D eigenvalue weighted by atomic mass is 19.1. The van der Waals surface area contributed by atoms with Gasteiger partial charge in [0.25, 0.3) is 0 Å². The lowest BCUT2D eigenvalue weighted by atomic mass is 10.0. The van der Waals surface area contributed by atoms with Crippen molar-refractivity contribution in [1.82, 2.24) is 0 Å². The second-order valence-corrected chi connectivity index (χ2v) is 3.40. The number of hydrogen-bond acceptors (Lipinski definition) is 3. The monoisotopic (exact) mass is 213 g/mol. The number of ether oxygens (including phenoxy) is 1. The van der Waals surface area contributed by atoms with Crippen LogP contribution in [0, 0.1) is 5.82 Å². The zero-order valence-corrected chi connectivity index (χ0v) is 8.90. The summed E-state index contributed by atoms with van der Waals surface area (Å²) in [5.74, 6) is -0.0701. The quantitative estimate of drug-likeness (QED) is 0.798. The van der Waals surface area contributed by atoms with Gasteiger partial charge in [0.1, 0.15) is 11.6 Å². The number of nitrogens with two attached hydrogens (primary N) is 1. The van der Waals surface area contributed by atoms with Crippen LogP contribution in [0.4, 0.5) is 4.39 Å². The highest BCUT2D eigenvalue weighted by Crippen LogP contribution is 2.24. The summed E-state index contributed by atoms with van der Waals surface area (Å²) in [4.78, 5) is 0. The van der Waals surface area contributed by atoms with E-state index in [-0.39, 0.29) is 5.56 Å². The number of methoxy groups -OCH3 is 1. The highest BCUT2D eigenvalue weighted by molar-refractivity contribution is 5.30. The molecule has 15 heavy (non-hydrogen) atoms. The molecule has 0 radical (unpaired) electrons. The molecule has 0 saturated heterocycles. The predicted octanol–water partition coefficient (Wildman–Crippen LogP) is 1.60. The summed E-state index contributed by atoms with van der Waals surface area (Å²) in [5, 5.41) is 9.73. The molecule has 2 atom stereocenters.